The van der Waals surface area contributed by atoms with Crippen LogP contribution >= 0.6 is 11.8 Å². The zero-order valence-corrected chi connectivity index (χ0v) is 13.6. The molecule has 0 heterocycles. The first-order valence-electron chi connectivity index (χ1n) is 7.33. The zero-order valence-electron chi connectivity index (χ0n) is 12.7. The van der Waals surface area contributed by atoms with Crippen LogP contribution in [-0.2, 0) is 6.54 Å². The smallest absolute Gasteiger partial charge is 0.165 e. The molecule has 0 fully saturated rings. The molecule has 1 N–H and O–H groups in total. The monoisotopic (exact) mass is 299 g/mol. The average molecular weight is 299 g/mol. The van der Waals surface area contributed by atoms with Crippen molar-refractivity contribution in [2.75, 3.05) is 24.7 Å². The van der Waals surface area contributed by atoms with Crippen LogP contribution in [0.2, 0.25) is 0 Å². The van der Waals surface area contributed by atoms with Gasteiger partial charge in [-0.2, -0.15) is 11.8 Å². The van der Waals surface area contributed by atoms with Crippen molar-refractivity contribution in [3.05, 3.63) is 29.6 Å². The van der Waals surface area contributed by atoms with Gasteiger partial charge >= 0.3 is 0 Å². The standard InChI is InChI=1S/C16H26FNOS/c1-4-20-9-5-8-19-16-7-6-14(10-15(16)17)12-18-11-13(2)3/h6-7,10,13,18H,4-5,8-9,11-12H2,1-3H3. The number of nitrogens with one attached hydrogen (secondary N) is 1. The van der Waals surface area contributed by atoms with Crippen LogP contribution in [0.25, 0.3) is 0 Å². The Kier molecular flexibility index (Phi) is 8.70. The van der Waals surface area contributed by atoms with Crippen molar-refractivity contribution >= 4 is 11.8 Å². The van der Waals surface area contributed by atoms with Crippen LogP contribution in [0, 0.1) is 11.7 Å². The molecule has 1 aromatic carbocycles. The molecular weight excluding hydrogens is 273 g/mol. The number of thioether (sulfide) groups is 1. The lowest BCUT2D eigenvalue weighted by atomic mass is 10.2. The quantitative estimate of drug-likeness (QED) is 0.657. The first kappa shape index (κ1) is 17.3. The Bertz CT molecular complexity index is 385. The Morgan fingerprint density at radius 2 is 2.15 bits per heavy atom. The maximum absolute atomic E-state index is 13.9. The average Bonchev–Trinajstić information content (AvgIpc) is 2.40. The molecule has 0 aromatic heterocycles. The number of halogens is 1. The van der Waals surface area contributed by atoms with Crippen molar-refractivity contribution in [1.82, 2.24) is 5.32 Å². The van der Waals surface area contributed by atoms with Crippen molar-refractivity contribution in [3.63, 3.8) is 0 Å². The minimum Gasteiger partial charge on any atom is -0.490 e. The minimum atomic E-state index is -0.267. The topological polar surface area (TPSA) is 21.3 Å². The fourth-order valence-electron chi connectivity index (χ4n) is 1.76. The van der Waals surface area contributed by atoms with E-state index in [9.17, 15) is 4.39 Å². The SMILES string of the molecule is CCSCCCOc1ccc(CNCC(C)C)cc1F. The van der Waals surface area contributed by atoms with Gasteiger partial charge in [0.1, 0.15) is 0 Å². The molecule has 2 nitrogen and oxygen atoms in total. The summed E-state index contributed by atoms with van der Waals surface area (Å²) in [6.07, 6.45) is 0.954. The second kappa shape index (κ2) is 10.1. The molecule has 20 heavy (non-hydrogen) atoms. The normalized spacial score (nSPS) is 11.1. The number of hydrogen-bond acceptors (Lipinski definition) is 3. The molecule has 0 spiro atoms. The first-order chi connectivity index (χ1) is 9.63. The lowest BCUT2D eigenvalue weighted by Gasteiger charge is -2.10. The van der Waals surface area contributed by atoms with E-state index in [-0.39, 0.29) is 5.82 Å². The van der Waals surface area contributed by atoms with E-state index in [0.29, 0.717) is 24.8 Å². The molecule has 0 saturated heterocycles. The van der Waals surface area contributed by atoms with E-state index in [1.807, 2.05) is 17.8 Å². The highest BCUT2D eigenvalue weighted by molar-refractivity contribution is 7.99. The summed E-state index contributed by atoms with van der Waals surface area (Å²) in [7, 11) is 0. The van der Waals surface area contributed by atoms with Crippen molar-refractivity contribution in [2.24, 2.45) is 5.92 Å². The molecule has 0 unspecified atom stereocenters. The van der Waals surface area contributed by atoms with Gasteiger partial charge in [0.15, 0.2) is 11.6 Å². The summed E-state index contributed by atoms with van der Waals surface area (Å²) < 4.78 is 19.3. The predicted molar refractivity (Wildman–Crippen MR) is 86.1 cm³/mol. The minimum absolute atomic E-state index is 0.267. The molecule has 0 aliphatic carbocycles. The summed E-state index contributed by atoms with van der Waals surface area (Å²) in [4.78, 5) is 0. The third-order valence-corrected chi connectivity index (χ3v) is 3.76. The van der Waals surface area contributed by atoms with E-state index in [1.165, 1.54) is 0 Å². The first-order valence-corrected chi connectivity index (χ1v) is 8.48. The van der Waals surface area contributed by atoms with Gasteiger partial charge in [-0.25, -0.2) is 4.39 Å². The van der Waals surface area contributed by atoms with Crippen LogP contribution in [0.15, 0.2) is 18.2 Å². The summed E-state index contributed by atoms with van der Waals surface area (Å²) in [6, 6.07) is 5.21. The molecule has 0 saturated carbocycles. The lowest BCUT2D eigenvalue weighted by molar-refractivity contribution is 0.302. The molecule has 4 heteroatoms. The third-order valence-electron chi connectivity index (χ3n) is 2.77. The van der Waals surface area contributed by atoms with Gasteiger partial charge in [-0.3, -0.25) is 0 Å². The zero-order chi connectivity index (χ0) is 14.8. The van der Waals surface area contributed by atoms with E-state index < -0.39 is 0 Å². The summed E-state index contributed by atoms with van der Waals surface area (Å²) in [5.74, 6) is 2.88. The molecule has 0 radical (unpaired) electrons. The van der Waals surface area contributed by atoms with Gasteiger partial charge in [0, 0.05) is 6.54 Å². The number of hydrogen-bond donors (Lipinski definition) is 1. The van der Waals surface area contributed by atoms with Gasteiger partial charge < -0.3 is 10.1 Å². The fraction of sp³-hybridized carbons (Fsp3) is 0.625. The van der Waals surface area contributed by atoms with E-state index in [1.54, 1.807) is 12.1 Å². The van der Waals surface area contributed by atoms with Crippen molar-refractivity contribution in [3.8, 4) is 5.75 Å². The van der Waals surface area contributed by atoms with Crippen LogP contribution in [0.4, 0.5) is 4.39 Å². The number of benzene rings is 1. The largest absolute Gasteiger partial charge is 0.490 e. The van der Waals surface area contributed by atoms with Crippen molar-refractivity contribution < 1.29 is 9.13 Å². The Labute approximate surface area is 126 Å². The molecule has 0 amide bonds. The molecule has 0 aliphatic rings. The highest BCUT2D eigenvalue weighted by Crippen LogP contribution is 2.18. The Morgan fingerprint density at radius 3 is 2.80 bits per heavy atom. The highest BCUT2D eigenvalue weighted by Gasteiger charge is 2.05. The van der Waals surface area contributed by atoms with Gasteiger partial charge in [-0.1, -0.05) is 26.8 Å². The van der Waals surface area contributed by atoms with E-state index >= 15 is 0 Å². The summed E-state index contributed by atoms with van der Waals surface area (Å²) >= 11 is 1.88. The van der Waals surface area contributed by atoms with Crippen LogP contribution in [-0.4, -0.2) is 24.7 Å². The van der Waals surface area contributed by atoms with Gasteiger partial charge in [0.05, 0.1) is 6.61 Å². The maximum Gasteiger partial charge on any atom is 0.165 e. The molecule has 114 valence electrons. The third kappa shape index (κ3) is 7.15. The van der Waals surface area contributed by atoms with Gasteiger partial charge in [-0.15, -0.1) is 0 Å². The summed E-state index contributed by atoms with van der Waals surface area (Å²) in [6.45, 7) is 8.66. The van der Waals surface area contributed by atoms with Crippen LogP contribution in [0.5, 0.6) is 5.75 Å². The van der Waals surface area contributed by atoms with Crippen LogP contribution < -0.4 is 10.1 Å². The van der Waals surface area contributed by atoms with Crippen molar-refractivity contribution in [1.29, 1.82) is 0 Å². The molecule has 0 bridgehead atoms. The van der Waals surface area contributed by atoms with Crippen LogP contribution in [0.1, 0.15) is 32.8 Å². The summed E-state index contributed by atoms with van der Waals surface area (Å²) in [5.41, 5.74) is 0.956. The molecular formula is C16H26FNOS. The number of rotatable bonds is 10. The Balaban J connectivity index is 2.35. The van der Waals surface area contributed by atoms with E-state index in [2.05, 4.69) is 26.1 Å². The Hall–Kier alpha value is -0.740. The lowest BCUT2D eigenvalue weighted by Crippen LogP contribution is -2.19. The highest BCUT2D eigenvalue weighted by atomic mass is 32.2. The molecule has 0 aliphatic heterocycles. The number of ether oxygens (including phenoxy) is 1. The molecule has 1 aromatic rings. The second-order valence-electron chi connectivity index (χ2n) is 5.19. The van der Waals surface area contributed by atoms with Gasteiger partial charge in [0.2, 0.25) is 0 Å². The van der Waals surface area contributed by atoms with E-state index in [4.69, 9.17) is 4.74 Å². The molecule has 1 rings (SSSR count). The van der Waals surface area contributed by atoms with Gasteiger partial charge in [-0.05, 0) is 48.1 Å². The van der Waals surface area contributed by atoms with Crippen LogP contribution in [0.3, 0.4) is 0 Å². The predicted octanol–water partition coefficient (Wildman–Crippen LogP) is 4.09. The Morgan fingerprint density at radius 1 is 1.35 bits per heavy atom. The fourth-order valence-corrected chi connectivity index (χ4v) is 2.37. The van der Waals surface area contributed by atoms with E-state index in [0.717, 1.165) is 30.0 Å². The second-order valence-corrected chi connectivity index (χ2v) is 6.58. The molecule has 0 atom stereocenters. The maximum atomic E-state index is 13.9. The van der Waals surface area contributed by atoms with Gasteiger partial charge in [0.25, 0.3) is 0 Å². The van der Waals surface area contributed by atoms with Crippen molar-refractivity contribution in [2.45, 2.75) is 33.7 Å². The summed E-state index contributed by atoms with van der Waals surface area (Å²) in [5, 5.41) is 3.30.